The van der Waals surface area contributed by atoms with Gasteiger partial charge in [0.05, 0.1) is 13.2 Å². The average molecular weight is 320 g/mol. The molecule has 1 saturated heterocycles. The van der Waals surface area contributed by atoms with Crippen molar-refractivity contribution in [2.24, 2.45) is 0 Å². The SMILES string of the molecule is Cc1ccc(OCCCN(C)C(=O)CCN2CCCO2)cc1C. The van der Waals surface area contributed by atoms with E-state index in [-0.39, 0.29) is 5.91 Å². The van der Waals surface area contributed by atoms with Gasteiger partial charge in [-0.2, -0.15) is 5.06 Å². The maximum Gasteiger partial charge on any atom is 0.223 e. The van der Waals surface area contributed by atoms with Crippen LogP contribution in [0.15, 0.2) is 18.2 Å². The summed E-state index contributed by atoms with van der Waals surface area (Å²) in [5.41, 5.74) is 2.50. The van der Waals surface area contributed by atoms with Gasteiger partial charge in [-0.25, -0.2) is 0 Å². The molecule has 0 radical (unpaired) electrons. The molecule has 1 aromatic rings. The fourth-order valence-electron chi connectivity index (χ4n) is 2.51. The van der Waals surface area contributed by atoms with Gasteiger partial charge in [0.15, 0.2) is 0 Å². The van der Waals surface area contributed by atoms with Crippen LogP contribution >= 0.6 is 0 Å². The zero-order valence-corrected chi connectivity index (χ0v) is 14.5. The summed E-state index contributed by atoms with van der Waals surface area (Å²) in [4.78, 5) is 19.2. The molecule has 23 heavy (non-hydrogen) atoms. The first-order valence-corrected chi connectivity index (χ1v) is 8.38. The van der Waals surface area contributed by atoms with Gasteiger partial charge < -0.3 is 9.64 Å². The summed E-state index contributed by atoms with van der Waals surface area (Å²) in [6.07, 6.45) is 2.39. The summed E-state index contributed by atoms with van der Waals surface area (Å²) in [6.45, 7) is 7.90. The number of amides is 1. The van der Waals surface area contributed by atoms with Crippen molar-refractivity contribution >= 4 is 5.91 Å². The van der Waals surface area contributed by atoms with Crippen molar-refractivity contribution in [3.63, 3.8) is 0 Å². The number of carbonyl (C=O) groups is 1. The first-order chi connectivity index (χ1) is 11.1. The first-order valence-electron chi connectivity index (χ1n) is 8.38. The second kappa shape index (κ2) is 8.89. The van der Waals surface area contributed by atoms with Crippen molar-refractivity contribution in [2.75, 3.05) is 39.9 Å². The maximum absolute atomic E-state index is 12.0. The summed E-state index contributed by atoms with van der Waals surface area (Å²) < 4.78 is 5.75. The van der Waals surface area contributed by atoms with E-state index < -0.39 is 0 Å². The molecule has 0 N–H and O–H groups in total. The molecule has 0 saturated carbocycles. The third kappa shape index (κ3) is 5.84. The maximum atomic E-state index is 12.0. The smallest absolute Gasteiger partial charge is 0.223 e. The van der Waals surface area contributed by atoms with Crippen LogP contribution in [0.4, 0.5) is 0 Å². The summed E-state index contributed by atoms with van der Waals surface area (Å²) >= 11 is 0. The lowest BCUT2D eigenvalue weighted by atomic mass is 10.1. The van der Waals surface area contributed by atoms with Crippen LogP contribution in [-0.2, 0) is 9.63 Å². The number of rotatable bonds is 8. The van der Waals surface area contributed by atoms with E-state index in [1.54, 1.807) is 4.90 Å². The summed E-state index contributed by atoms with van der Waals surface area (Å²) in [5.74, 6) is 1.06. The zero-order valence-electron chi connectivity index (χ0n) is 14.5. The molecule has 1 aliphatic heterocycles. The van der Waals surface area contributed by atoms with Crippen LogP contribution in [0.1, 0.15) is 30.4 Å². The molecule has 128 valence electrons. The average Bonchev–Trinajstić information content (AvgIpc) is 3.05. The van der Waals surface area contributed by atoms with E-state index in [0.717, 1.165) is 31.7 Å². The van der Waals surface area contributed by atoms with Crippen molar-refractivity contribution < 1.29 is 14.4 Å². The van der Waals surface area contributed by atoms with Crippen molar-refractivity contribution in [3.05, 3.63) is 29.3 Å². The van der Waals surface area contributed by atoms with Crippen LogP contribution in [0.2, 0.25) is 0 Å². The van der Waals surface area contributed by atoms with Gasteiger partial charge in [0.1, 0.15) is 5.75 Å². The molecular formula is C18H28N2O3. The van der Waals surface area contributed by atoms with Gasteiger partial charge >= 0.3 is 0 Å². The quantitative estimate of drug-likeness (QED) is 0.690. The molecule has 5 heteroatoms. The molecular weight excluding hydrogens is 292 g/mol. The lowest BCUT2D eigenvalue weighted by Crippen LogP contribution is -2.32. The molecule has 0 atom stereocenters. The molecule has 1 heterocycles. The normalized spacial score (nSPS) is 14.9. The number of nitrogens with zero attached hydrogens (tertiary/aromatic N) is 2. The Hall–Kier alpha value is -1.59. The number of ether oxygens (including phenoxy) is 1. The predicted molar refractivity (Wildman–Crippen MR) is 90.4 cm³/mol. The Kier molecular flexibility index (Phi) is 6.86. The predicted octanol–water partition coefficient (Wildman–Crippen LogP) is 2.56. The Morgan fingerprint density at radius 1 is 1.35 bits per heavy atom. The summed E-state index contributed by atoms with van der Waals surface area (Å²) in [6, 6.07) is 6.12. The van der Waals surface area contributed by atoms with Gasteiger partial charge in [-0.15, -0.1) is 0 Å². The fraction of sp³-hybridized carbons (Fsp3) is 0.611. The van der Waals surface area contributed by atoms with Crippen molar-refractivity contribution in [2.45, 2.75) is 33.1 Å². The number of hydroxylamine groups is 2. The second-order valence-electron chi connectivity index (χ2n) is 6.13. The van der Waals surface area contributed by atoms with E-state index in [1.165, 1.54) is 11.1 Å². The molecule has 1 aliphatic rings. The highest BCUT2D eigenvalue weighted by atomic mass is 16.7. The van der Waals surface area contributed by atoms with E-state index in [9.17, 15) is 4.79 Å². The van der Waals surface area contributed by atoms with Crippen LogP contribution in [0.25, 0.3) is 0 Å². The second-order valence-corrected chi connectivity index (χ2v) is 6.13. The standard InChI is InChI=1S/C18H28N2O3/c1-15-6-7-17(14-16(15)2)22-12-4-9-19(3)18(21)8-11-20-10-5-13-23-20/h6-7,14H,4-5,8-13H2,1-3H3. The Morgan fingerprint density at radius 3 is 2.87 bits per heavy atom. The molecule has 1 amide bonds. The molecule has 0 unspecified atom stereocenters. The van der Waals surface area contributed by atoms with Gasteiger partial charge in [-0.1, -0.05) is 6.07 Å². The Labute approximate surface area is 139 Å². The summed E-state index contributed by atoms with van der Waals surface area (Å²) in [5, 5.41) is 1.88. The third-order valence-corrected chi connectivity index (χ3v) is 4.21. The lowest BCUT2D eigenvalue weighted by molar-refractivity contribution is -0.137. The van der Waals surface area contributed by atoms with E-state index in [2.05, 4.69) is 26.0 Å². The monoisotopic (exact) mass is 320 g/mol. The first kappa shape index (κ1) is 17.8. The minimum Gasteiger partial charge on any atom is -0.494 e. The van der Waals surface area contributed by atoms with E-state index in [4.69, 9.17) is 9.57 Å². The minimum absolute atomic E-state index is 0.159. The van der Waals surface area contributed by atoms with Gasteiger partial charge in [0, 0.05) is 33.1 Å². The molecule has 0 bridgehead atoms. The van der Waals surface area contributed by atoms with Crippen LogP contribution in [-0.4, -0.2) is 55.8 Å². The fourth-order valence-corrected chi connectivity index (χ4v) is 2.51. The minimum atomic E-state index is 0.159. The zero-order chi connectivity index (χ0) is 16.7. The molecule has 0 aliphatic carbocycles. The molecule has 5 nitrogen and oxygen atoms in total. The number of aryl methyl sites for hydroxylation is 2. The highest BCUT2D eigenvalue weighted by Gasteiger charge is 2.15. The van der Waals surface area contributed by atoms with Crippen molar-refractivity contribution in [1.29, 1.82) is 0 Å². The lowest BCUT2D eigenvalue weighted by Gasteiger charge is -2.19. The van der Waals surface area contributed by atoms with E-state index in [0.29, 0.717) is 26.1 Å². The largest absolute Gasteiger partial charge is 0.494 e. The van der Waals surface area contributed by atoms with Crippen molar-refractivity contribution in [1.82, 2.24) is 9.96 Å². The summed E-state index contributed by atoms with van der Waals surface area (Å²) in [7, 11) is 1.85. The molecule has 2 rings (SSSR count). The van der Waals surface area contributed by atoms with Gasteiger partial charge in [0.25, 0.3) is 0 Å². The third-order valence-electron chi connectivity index (χ3n) is 4.21. The topological polar surface area (TPSA) is 42.0 Å². The number of benzene rings is 1. The molecule has 0 spiro atoms. The molecule has 1 fully saturated rings. The van der Waals surface area contributed by atoms with Crippen LogP contribution in [0, 0.1) is 13.8 Å². The van der Waals surface area contributed by atoms with Gasteiger partial charge in [-0.05, 0) is 49.9 Å². The number of hydrogen-bond acceptors (Lipinski definition) is 4. The van der Waals surface area contributed by atoms with Crippen LogP contribution < -0.4 is 4.74 Å². The number of hydrogen-bond donors (Lipinski definition) is 0. The highest BCUT2D eigenvalue weighted by molar-refractivity contribution is 5.76. The molecule has 0 aromatic heterocycles. The van der Waals surface area contributed by atoms with Crippen LogP contribution in [0.5, 0.6) is 5.75 Å². The Bertz CT molecular complexity index is 513. The van der Waals surface area contributed by atoms with Crippen LogP contribution in [0.3, 0.4) is 0 Å². The van der Waals surface area contributed by atoms with E-state index in [1.807, 2.05) is 18.2 Å². The highest BCUT2D eigenvalue weighted by Crippen LogP contribution is 2.16. The van der Waals surface area contributed by atoms with Crippen molar-refractivity contribution in [3.8, 4) is 5.75 Å². The van der Waals surface area contributed by atoms with E-state index >= 15 is 0 Å². The van der Waals surface area contributed by atoms with Gasteiger partial charge in [0.2, 0.25) is 5.91 Å². The number of carbonyl (C=O) groups excluding carboxylic acids is 1. The molecule has 1 aromatic carbocycles. The van der Waals surface area contributed by atoms with Gasteiger partial charge in [-0.3, -0.25) is 9.63 Å². The Morgan fingerprint density at radius 2 is 2.17 bits per heavy atom. The Balaban J connectivity index is 1.60.